The van der Waals surface area contributed by atoms with E-state index in [2.05, 4.69) is 25.7 Å². The van der Waals surface area contributed by atoms with Gasteiger partial charge in [0.1, 0.15) is 0 Å². The zero-order chi connectivity index (χ0) is 12.3. The Labute approximate surface area is 96.7 Å². The van der Waals surface area contributed by atoms with Crippen LogP contribution < -0.4 is 4.90 Å². The fraction of sp³-hybridized carbons (Fsp3) is 0.462. The Balaban J connectivity index is 2.94. The lowest BCUT2D eigenvalue weighted by Crippen LogP contribution is -2.40. The zero-order valence-electron chi connectivity index (χ0n) is 10.3. The average molecular weight is 221 g/mol. The van der Waals surface area contributed by atoms with Gasteiger partial charge in [0.25, 0.3) is 0 Å². The van der Waals surface area contributed by atoms with Crippen LogP contribution in [-0.4, -0.2) is 23.7 Å². The van der Waals surface area contributed by atoms with Gasteiger partial charge in [-0.1, -0.05) is 6.92 Å². The minimum atomic E-state index is -0.885. The Morgan fingerprint density at radius 3 is 2.19 bits per heavy atom. The van der Waals surface area contributed by atoms with Gasteiger partial charge in [-0.2, -0.15) is 0 Å². The summed E-state index contributed by atoms with van der Waals surface area (Å²) in [7, 11) is 2.03. The predicted molar refractivity (Wildman–Crippen MR) is 66.2 cm³/mol. The number of carboxylic acids is 1. The van der Waals surface area contributed by atoms with Gasteiger partial charge in [-0.05, 0) is 44.5 Å². The van der Waals surface area contributed by atoms with E-state index in [0.717, 1.165) is 12.1 Å². The highest BCUT2D eigenvalue weighted by Gasteiger charge is 2.21. The second-order valence-electron chi connectivity index (χ2n) is 4.58. The van der Waals surface area contributed by atoms with Crippen LogP contribution in [0.5, 0.6) is 0 Å². The van der Waals surface area contributed by atoms with Crippen LogP contribution in [0.15, 0.2) is 24.3 Å². The summed E-state index contributed by atoms with van der Waals surface area (Å²) in [5.41, 5.74) is 1.44. The first kappa shape index (κ1) is 12.6. The molecule has 88 valence electrons. The maximum absolute atomic E-state index is 10.7. The lowest BCUT2D eigenvalue weighted by molar-refractivity contribution is 0.0697. The van der Waals surface area contributed by atoms with Gasteiger partial charge in [0.05, 0.1) is 5.56 Å². The first-order chi connectivity index (χ1) is 7.38. The van der Waals surface area contributed by atoms with Gasteiger partial charge in [0.2, 0.25) is 0 Å². The third kappa shape index (κ3) is 2.54. The molecule has 1 rings (SSSR count). The van der Waals surface area contributed by atoms with E-state index in [0.29, 0.717) is 5.56 Å². The normalized spacial score (nSPS) is 11.2. The van der Waals surface area contributed by atoms with E-state index in [9.17, 15) is 4.79 Å². The summed E-state index contributed by atoms with van der Waals surface area (Å²) >= 11 is 0. The molecule has 0 unspecified atom stereocenters. The van der Waals surface area contributed by atoms with Crippen molar-refractivity contribution >= 4 is 11.7 Å². The van der Waals surface area contributed by atoms with Gasteiger partial charge in [0, 0.05) is 18.3 Å². The fourth-order valence-electron chi connectivity index (χ4n) is 1.41. The number of carboxylic acid groups (broad SMARTS) is 1. The molecule has 3 nitrogen and oxygen atoms in total. The van der Waals surface area contributed by atoms with Crippen LogP contribution in [0.4, 0.5) is 5.69 Å². The molecule has 0 aromatic heterocycles. The van der Waals surface area contributed by atoms with Crippen LogP contribution in [-0.2, 0) is 0 Å². The molecule has 1 aromatic carbocycles. The van der Waals surface area contributed by atoms with Crippen molar-refractivity contribution in [2.24, 2.45) is 0 Å². The molecule has 0 heterocycles. The molecule has 0 aliphatic rings. The van der Waals surface area contributed by atoms with Gasteiger partial charge in [-0.25, -0.2) is 4.79 Å². The molecule has 1 aromatic rings. The summed E-state index contributed by atoms with van der Waals surface area (Å²) in [6.45, 7) is 6.47. The lowest BCUT2D eigenvalue weighted by atomic mass is 9.99. The molecule has 1 N–H and O–H groups in total. The number of anilines is 1. The maximum atomic E-state index is 10.7. The number of hydrogen-bond acceptors (Lipinski definition) is 2. The fourth-order valence-corrected chi connectivity index (χ4v) is 1.41. The van der Waals surface area contributed by atoms with Crippen molar-refractivity contribution in [1.82, 2.24) is 0 Å². The first-order valence-corrected chi connectivity index (χ1v) is 5.45. The van der Waals surface area contributed by atoms with Crippen molar-refractivity contribution in [3.63, 3.8) is 0 Å². The topological polar surface area (TPSA) is 40.5 Å². The van der Waals surface area contributed by atoms with Crippen molar-refractivity contribution < 1.29 is 9.90 Å². The summed E-state index contributed by atoms with van der Waals surface area (Å²) in [5, 5.41) is 8.81. The molecule has 0 spiro atoms. The number of benzene rings is 1. The molecule has 0 atom stereocenters. The minimum Gasteiger partial charge on any atom is -0.478 e. The van der Waals surface area contributed by atoms with Crippen LogP contribution in [0.25, 0.3) is 0 Å². The minimum absolute atomic E-state index is 0.0741. The van der Waals surface area contributed by atoms with Crippen LogP contribution in [0.1, 0.15) is 37.6 Å². The van der Waals surface area contributed by atoms with Crippen LogP contribution >= 0.6 is 0 Å². The molecule has 3 heteroatoms. The molecule has 0 saturated heterocycles. The highest BCUT2D eigenvalue weighted by Crippen LogP contribution is 2.24. The predicted octanol–water partition coefficient (Wildman–Crippen LogP) is 3.01. The van der Waals surface area contributed by atoms with Crippen molar-refractivity contribution in [3.8, 4) is 0 Å². The third-order valence-corrected chi connectivity index (χ3v) is 3.27. The van der Waals surface area contributed by atoms with E-state index in [4.69, 9.17) is 5.11 Å². The summed E-state index contributed by atoms with van der Waals surface area (Å²) in [6, 6.07) is 6.97. The summed E-state index contributed by atoms with van der Waals surface area (Å²) in [6.07, 6.45) is 1.03. The monoisotopic (exact) mass is 221 g/mol. The van der Waals surface area contributed by atoms with Crippen LogP contribution in [0.3, 0.4) is 0 Å². The smallest absolute Gasteiger partial charge is 0.335 e. The Kier molecular flexibility index (Phi) is 3.58. The largest absolute Gasteiger partial charge is 0.478 e. The summed E-state index contributed by atoms with van der Waals surface area (Å²) in [4.78, 5) is 12.9. The average Bonchev–Trinajstić information content (AvgIpc) is 2.28. The molecule has 0 amide bonds. The third-order valence-electron chi connectivity index (χ3n) is 3.27. The zero-order valence-corrected chi connectivity index (χ0v) is 10.3. The van der Waals surface area contributed by atoms with Crippen molar-refractivity contribution in [2.45, 2.75) is 32.7 Å². The number of aromatic carboxylic acids is 1. The molecule has 16 heavy (non-hydrogen) atoms. The number of carbonyl (C=O) groups is 1. The second-order valence-corrected chi connectivity index (χ2v) is 4.58. The van der Waals surface area contributed by atoms with Gasteiger partial charge < -0.3 is 10.0 Å². The van der Waals surface area contributed by atoms with Gasteiger partial charge in [0.15, 0.2) is 0 Å². The Morgan fingerprint density at radius 1 is 1.31 bits per heavy atom. The SMILES string of the molecule is CCC(C)(C)N(C)c1ccc(C(=O)O)cc1. The van der Waals surface area contributed by atoms with Gasteiger partial charge >= 0.3 is 5.97 Å². The highest BCUT2D eigenvalue weighted by molar-refractivity contribution is 5.88. The van der Waals surface area contributed by atoms with E-state index in [1.54, 1.807) is 12.1 Å². The van der Waals surface area contributed by atoms with Crippen molar-refractivity contribution in [2.75, 3.05) is 11.9 Å². The van der Waals surface area contributed by atoms with E-state index < -0.39 is 5.97 Å². The molecule has 0 aliphatic heterocycles. The van der Waals surface area contributed by atoms with E-state index in [1.807, 2.05) is 19.2 Å². The highest BCUT2D eigenvalue weighted by atomic mass is 16.4. The number of rotatable bonds is 4. The van der Waals surface area contributed by atoms with Gasteiger partial charge in [-0.3, -0.25) is 0 Å². The molecular formula is C13H19NO2. The van der Waals surface area contributed by atoms with E-state index >= 15 is 0 Å². The molecular weight excluding hydrogens is 202 g/mol. The standard InChI is InChI=1S/C13H19NO2/c1-5-13(2,3)14(4)11-8-6-10(7-9-11)12(15)16/h6-9H,5H2,1-4H3,(H,15,16). The quantitative estimate of drug-likeness (QED) is 0.849. The Bertz CT molecular complexity index is 368. The maximum Gasteiger partial charge on any atom is 0.335 e. The lowest BCUT2D eigenvalue weighted by Gasteiger charge is -2.36. The first-order valence-electron chi connectivity index (χ1n) is 5.45. The van der Waals surface area contributed by atoms with Crippen molar-refractivity contribution in [3.05, 3.63) is 29.8 Å². The van der Waals surface area contributed by atoms with Crippen LogP contribution in [0.2, 0.25) is 0 Å². The van der Waals surface area contributed by atoms with E-state index in [-0.39, 0.29) is 5.54 Å². The molecule has 0 radical (unpaired) electrons. The molecule has 0 bridgehead atoms. The summed E-state index contributed by atoms with van der Waals surface area (Å²) < 4.78 is 0. The summed E-state index contributed by atoms with van der Waals surface area (Å²) in [5.74, 6) is -0.885. The Morgan fingerprint density at radius 2 is 1.81 bits per heavy atom. The molecule has 0 fully saturated rings. The Hall–Kier alpha value is -1.51. The number of nitrogens with zero attached hydrogens (tertiary/aromatic N) is 1. The van der Waals surface area contributed by atoms with Gasteiger partial charge in [-0.15, -0.1) is 0 Å². The number of hydrogen-bond donors (Lipinski definition) is 1. The van der Waals surface area contributed by atoms with Crippen LogP contribution in [0, 0.1) is 0 Å². The molecule has 0 aliphatic carbocycles. The molecule has 0 saturated carbocycles. The van der Waals surface area contributed by atoms with E-state index in [1.165, 1.54) is 0 Å². The second kappa shape index (κ2) is 4.56. The van der Waals surface area contributed by atoms with Crippen molar-refractivity contribution in [1.29, 1.82) is 0 Å².